The van der Waals surface area contributed by atoms with Crippen molar-refractivity contribution in [1.29, 1.82) is 0 Å². The lowest BCUT2D eigenvalue weighted by atomic mass is 9.98. The summed E-state index contributed by atoms with van der Waals surface area (Å²) in [4.78, 5) is 11.0. The topological polar surface area (TPSA) is 46.5 Å². The number of ether oxygens (including phenoxy) is 1. The van der Waals surface area contributed by atoms with E-state index in [2.05, 4.69) is 4.74 Å². The smallest absolute Gasteiger partial charge is 0.306 e. The standard InChI is InChI=1S/C11H14O3/c1-8(7-11(13)14-2)9-3-5-10(12)6-4-9/h3-6,8,12H,7H2,1-2H3/t8-/m1/s1. The third-order valence-corrected chi connectivity index (χ3v) is 2.16. The van der Waals surface area contributed by atoms with Crippen molar-refractivity contribution in [3.63, 3.8) is 0 Å². The predicted molar refractivity (Wildman–Crippen MR) is 53.2 cm³/mol. The minimum absolute atomic E-state index is 0.114. The van der Waals surface area contributed by atoms with E-state index in [0.717, 1.165) is 5.56 Å². The minimum Gasteiger partial charge on any atom is -0.508 e. The fraction of sp³-hybridized carbons (Fsp3) is 0.364. The van der Waals surface area contributed by atoms with Crippen LogP contribution in [0, 0.1) is 0 Å². The van der Waals surface area contributed by atoms with E-state index in [9.17, 15) is 4.79 Å². The Morgan fingerprint density at radius 1 is 1.43 bits per heavy atom. The average Bonchev–Trinajstić information content (AvgIpc) is 2.18. The summed E-state index contributed by atoms with van der Waals surface area (Å²) in [5.41, 5.74) is 1.02. The molecule has 0 saturated carbocycles. The molecular weight excluding hydrogens is 180 g/mol. The van der Waals surface area contributed by atoms with Gasteiger partial charge in [-0.15, -0.1) is 0 Å². The van der Waals surface area contributed by atoms with Crippen LogP contribution in [0.15, 0.2) is 24.3 Å². The van der Waals surface area contributed by atoms with Gasteiger partial charge in [-0.05, 0) is 23.6 Å². The molecule has 0 spiro atoms. The molecule has 0 amide bonds. The normalized spacial score (nSPS) is 12.1. The molecular formula is C11H14O3. The first kappa shape index (κ1) is 10.6. The van der Waals surface area contributed by atoms with E-state index in [1.54, 1.807) is 12.1 Å². The van der Waals surface area contributed by atoms with Crippen LogP contribution >= 0.6 is 0 Å². The zero-order valence-corrected chi connectivity index (χ0v) is 8.36. The minimum atomic E-state index is -0.217. The van der Waals surface area contributed by atoms with Gasteiger partial charge in [0.25, 0.3) is 0 Å². The summed E-state index contributed by atoms with van der Waals surface area (Å²) in [6, 6.07) is 6.85. The highest BCUT2D eigenvalue weighted by Gasteiger charge is 2.10. The Morgan fingerprint density at radius 3 is 2.50 bits per heavy atom. The Kier molecular flexibility index (Phi) is 3.51. The number of hydrogen-bond donors (Lipinski definition) is 1. The van der Waals surface area contributed by atoms with E-state index in [4.69, 9.17) is 5.11 Å². The van der Waals surface area contributed by atoms with Gasteiger partial charge in [0.05, 0.1) is 13.5 Å². The first-order valence-electron chi connectivity index (χ1n) is 4.49. The van der Waals surface area contributed by atoms with Crippen LogP contribution < -0.4 is 0 Å². The monoisotopic (exact) mass is 194 g/mol. The number of rotatable bonds is 3. The number of hydrogen-bond acceptors (Lipinski definition) is 3. The first-order valence-corrected chi connectivity index (χ1v) is 4.49. The SMILES string of the molecule is COC(=O)C[C@@H](C)c1ccc(O)cc1. The summed E-state index contributed by atoms with van der Waals surface area (Å²) >= 11 is 0. The summed E-state index contributed by atoms with van der Waals surface area (Å²) < 4.78 is 4.58. The van der Waals surface area contributed by atoms with Gasteiger partial charge in [-0.25, -0.2) is 0 Å². The number of carbonyl (C=O) groups excluding carboxylic acids is 1. The molecule has 0 aliphatic rings. The number of methoxy groups -OCH3 is 1. The van der Waals surface area contributed by atoms with Crippen LogP contribution in [0.3, 0.4) is 0 Å². The largest absolute Gasteiger partial charge is 0.508 e. The molecule has 0 radical (unpaired) electrons. The second kappa shape index (κ2) is 4.65. The number of carbonyl (C=O) groups is 1. The Balaban J connectivity index is 2.65. The number of benzene rings is 1. The Hall–Kier alpha value is -1.51. The molecule has 1 aromatic rings. The zero-order valence-electron chi connectivity index (χ0n) is 8.36. The van der Waals surface area contributed by atoms with E-state index >= 15 is 0 Å². The molecule has 0 aliphatic heterocycles. The van der Waals surface area contributed by atoms with E-state index < -0.39 is 0 Å². The molecule has 1 N–H and O–H groups in total. The first-order chi connectivity index (χ1) is 6.63. The van der Waals surface area contributed by atoms with Crippen LogP contribution in [0.5, 0.6) is 5.75 Å². The molecule has 3 nitrogen and oxygen atoms in total. The number of esters is 1. The Bertz CT molecular complexity index is 303. The molecule has 76 valence electrons. The molecule has 0 aromatic heterocycles. The van der Waals surface area contributed by atoms with E-state index in [1.807, 2.05) is 19.1 Å². The van der Waals surface area contributed by atoms with Crippen molar-refractivity contribution in [2.75, 3.05) is 7.11 Å². The lowest BCUT2D eigenvalue weighted by molar-refractivity contribution is -0.140. The van der Waals surface area contributed by atoms with Crippen LogP contribution in [-0.4, -0.2) is 18.2 Å². The van der Waals surface area contributed by atoms with Crippen molar-refractivity contribution in [3.8, 4) is 5.75 Å². The fourth-order valence-electron chi connectivity index (χ4n) is 1.25. The molecule has 0 heterocycles. The van der Waals surface area contributed by atoms with Gasteiger partial charge in [-0.1, -0.05) is 19.1 Å². The van der Waals surface area contributed by atoms with Crippen molar-refractivity contribution < 1.29 is 14.6 Å². The number of aromatic hydroxyl groups is 1. The molecule has 14 heavy (non-hydrogen) atoms. The second-order valence-electron chi connectivity index (χ2n) is 3.27. The molecule has 0 bridgehead atoms. The van der Waals surface area contributed by atoms with Crippen LogP contribution in [0.2, 0.25) is 0 Å². The maximum Gasteiger partial charge on any atom is 0.306 e. The van der Waals surface area contributed by atoms with Gasteiger partial charge in [-0.3, -0.25) is 4.79 Å². The Labute approximate surface area is 83.3 Å². The predicted octanol–water partition coefficient (Wildman–Crippen LogP) is 2.06. The van der Waals surface area contributed by atoms with Crippen LogP contribution in [0.25, 0.3) is 0 Å². The summed E-state index contributed by atoms with van der Waals surface area (Å²) in [5.74, 6) is 0.132. The molecule has 1 aromatic carbocycles. The van der Waals surface area contributed by atoms with Gasteiger partial charge in [0.1, 0.15) is 5.75 Å². The molecule has 1 rings (SSSR count). The van der Waals surface area contributed by atoms with Gasteiger partial charge in [-0.2, -0.15) is 0 Å². The van der Waals surface area contributed by atoms with Crippen molar-refractivity contribution in [2.45, 2.75) is 19.3 Å². The van der Waals surface area contributed by atoms with Crippen molar-refractivity contribution in [3.05, 3.63) is 29.8 Å². The average molecular weight is 194 g/mol. The van der Waals surface area contributed by atoms with Gasteiger partial charge < -0.3 is 9.84 Å². The van der Waals surface area contributed by atoms with E-state index in [0.29, 0.717) is 6.42 Å². The van der Waals surface area contributed by atoms with Crippen LogP contribution in [-0.2, 0) is 9.53 Å². The highest BCUT2D eigenvalue weighted by molar-refractivity contribution is 5.70. The van der Waals surface area contributed by atoms with Crippen LogP contribution in [0.1, 0.15) is 24.8 Å². The molecule has 0 saturated heterocycles. The molecule has 0 unspecified atom stereocenters. The maximum atomic E-state index is 11.0. The quantitative estimate of drug-likeness (QED) is 0.749. The molecule has 0 fully saturated rings. The third-order valence-electron chi connectivity index (χ3n) is 2.16. The van der Waals surface area contributed by atoms with Crippen LogP contribution in [0.4, 0.5) is 0 Å². The van der Waals surface area contributed by atoms with Crippen molar-refractivity contribution in [1.82, 2.24) is 0 Å². The van der Waals surface area contributed by atoms with Gasteiger partial charge >= 0.3 is 5.97 Å². The maximum absolute atomic E-state index is 11.0. The Morgan fingerprint density at radius 2 is 2.00 bits per heavy atom. The van der Waals surface area contributed by atoms with Gasteiger partial charge in [0, 0.05) is 0 Å². The number of phenolic OH excluding ortho intramolecular Hbond substituents is 1. The summed E-state index contributed by atoms with van der Waals surface area (Å²) in [6.07, 6.45) is 0.362. The zero-order chi connectivity index (χ0) is 10.6. The molecule has 0 aliphatic carbocycles. The van der Waals surface area contributed by atoms with E-state index in [-0.39, 0.29) is 17.6 Å². The fourth-order valence-corrected chi connectivity index (χ4v) is 1.25. The van der Waals surface area contributed by atoms with Gasteiger partial charge in [0.15, 0.2) is 0 Å². The molecule has 1 atom stereocenters. The van der Waals surface area contributed by atoms with Gasteiger partial charge in [0.2, 0.25) is 0 Å². The second-order valence-corrected chi connectivity index (χ2v) is 3.27. The third kappa shape index (κ3) is 2.76. The highest BCUT2D eigenvalue weighted by atomic mass is 16.5. The lowest BCUT2D eigenvalue weighted by Crippen LogP contribution is -2.05. The van der Waals surface area contributed by atoms with Crippen molar-refractivity contribution in [2.24, 2.45) is 0 Å². The van der Waals surface area contributed by atoms with E-state index in [1.165, 1.54) is 7.11 Å². The summed E-state index contributed by atoms with van der Waals surface area (Å²) in [5, 5.41) is 9.07. The lowest BCUT2D eigenvalue weighted by Gasteiger charge is -2.09. The molecule has 3 heteroatoms. The summed E-state index contributed by atoms with van der Waals surface area (Å²) in [7, 11) is 1.38. The number of phenols is 1. The van der Waals surface area contributed by atoms with Crippen molar-refractivity contribution >= 4 is 5.97 Å². The summed E-state index contributed by atoms with van der Waals surface area (Å²) in [6.45, 7) is 1.95. The highest BCUT2D eigenvalue weighted by Crippen LogP contribution is 2.21.